The molecule has 3 heterocycles. The molecule has 0 aliphatic carbocycles. The summed E-state index contributed by atoms with van der Waals surface area (Å²) in [6.45, 7) is 5.37. The number of nitrogens with zero attached hydrogens (tertiary/aromatic N) is 3. The molecule has 3 fully saturated rings. The Morgan fingerprint density at radius 1 is 0.630 bits per heavy atom. The summed E-state index contributed by atoms with van der Waals surface area (Å²) >= 11 is 0. The Hall–Kier alpha value is -1.59. The number of unbranched alkanes of at least 4 members (excludes halogenated alkanes) is 1. The smallest absolute Gasteiger partial charge is 0.222 e. The molecule has 3 rings (SSSR count). The van der Waals surface area contributed by atoms with E-state index >= 15 is 0 Å². The Bertz CT molecular complexity index is 537. The third kappa shape index (κ3) is 5.94. The first kappa shape index (κ1) is 20.2. The van der Waals surface area contributed by atoms with Gasteiger partial charge in [0.05, 0.1) is 0 Å². The third-order valence-electron chi connectivity index (χ3n) is 6.32. The molecular weight excluding hydrogens is 342 g/mol. The molecule has 0 bridgehead atoms. The van der Waals surface area contributed by atoms with Gasteiger partial charge in [-0.05, 0) is 50.9 Å². The van der Waals surface area contributed by atoms with Crippen LogP contribution in [0.1, 0.15) is 70.6 Å². The van der Waals surface area contributed by atoms with Crippen molar-refractivity contribution in [3.63, 3.8) is 0 Å². The zero-order valence-electron chi connectivity index (χ0n) is 16.7. The second-order valence-corrected chi connectivity index (χ2v) is 8.42. The second-order valence-electron chi connectivity index (χ2n) is 8.42. The van der Waals surface area contributed by atoms with Crippen LogP contribution < -0.4 is 0 Å². The van der Waals surface area contributed by atoms with Gasteiger partial charge in [0.1, 0.15) is 0 Å². The Labute approximate surface area is 163 Å². The number of hydrogen-bond acceptors (Lipinski definition) is 3. The van der Waals surface area contributed by atoms with Gasteiger partial charge in [0.2, 0.25) is 17.7 Å². The van der Waals surface area contributed by atoms with Gasteiger partial charge in [0.25, 0.3) is 0 Å². The van der Waals surface area contributed by atoms with Crippen molar-refractivity contribution in [3.05, 3.63) is 0 Å². The molecule has 6 nitrogen and oxygen atoms in total. The molecule has 3 amide bonds. The Balaban J connectivity index is 1.39. The number of amides is 3. The summed E-state index contributed by atoms with van der Waals surface area (Å²) in [6.07, 6.45) is 10.5. The van der Waals surface area contributed by atoms with Crippen LogP contribution in [0.25, 0.3) is 0 Å². The first-order chi connectivity index (χ1) is 13.1. The average molecular weight is 378 g/mol. The molecule has 1 unspecified atom stereocenters. The normalized spacial score (nSPS) is 21.8. The number of carbonyl (C=O) groups is 3. The highest BCUT2D eigenvalue weighted by atomic mass is 16.2. The summed E-state index contributed by atoms with van der Waals surface area (Å²) in [5.41, 5.74) is 0. The predicted molar refractivity (Wildman–Crippen MR) is 104 cm³/mol. The lowest BCUT2D eigenvalue weighted by Crippen LogP contribution is -2.32. The lowest BCUT2D eigenvalue weighted by atomic mass is 9.95. The highest BCUT2D eigenvalue weighted by Gasteiger charge is 2.25. The van der Waals surface area contributed by atoms with Crippen molar-refractivity contribution in [3.8, 4) is 0 Å². The summed E-state index contributed by atoms with van der Waals surface area (Å²) < 4.78 is 0. The quantitative estimate of drug-likeness (QED) is 0.520. The van der Waals surface area contributed by atoms with E-state index < -0.39 is 0 Å². The predicted octanol–water partition coefficient (Wildman–Crippen LogP) is 2.42. The van der Waals surface area contributed by atoms with Gasteiger partial charge in [-0.25, -0.2) is 0 Å². The molecule has 3 saturated heterocycles. The highest BCUT2D eigenvalue weighted by molar-refractivity contribution is 5.78. The van der Waals surface area contributed by atoms with Crippen molar-refractivity contribution in [1.29, 1.82) is 0 Å². The average Bonchev–Trinajstić information content (AvgIpc) is 3.35. The molecular formula is C21H35N3O3. The molecule has 0 N–H and O–H groups in total. The monoisotopic (exact) mass is 377 g/mol. The third-order valence-corrected chi connectivity index (χ3v) is 6.32. The van der Waals surface area contributed by atoms with E-state index in [-0.39, 0.29) is 0 Å². The van der Waals surface area contributed by atoms with Crippen LogP contribution >= 0.6 is 0 Å². The summed E-state index contributed by atoms with van der Waals surface area (Å²) in [5, 5.41) is 0. The van der Waals surface area contributed by atoms with E-state index in [0.717, 1.165) is 97.1 Å². The fraction of sp³-hybridized carbons (Fsp3) is 0.857. The van der Waals surface area contributed by atoms with Crippen LogP contribution in [0.15, 0.2) is 0 Å². The van der Waals surface area contributed by atoms with Crippen LogP contribution in [0, 0.1) is 5.92 Å². The molecule has 1 atom stereocenters. The van der Waals surface area contributed by atoms with E-state index in [9.17, 15) is 14.4 Å². The lowest BCUT2D eigenvalue weighted by Gasteiger charge is -2.25. The van der Waals surface area contributed by atoms with Gasteiger partial charge in [-0.15, -0.1) is 0 Å². The van der Waals surface area contributed by atoms with Crippen molar-refractivity contribution in [1.82, 2.24) is 14.7 Å². The van der Waals surface area contributed by atoms with E-state index in [1.54, 1.807) is 0 Å². The molecule has 27 heavy (non-hydrogen) atoms. The molecule has 0 spiro atoms. The largest absolute Gasteiger partial charge is 0.343 e. The van der Waals surface area contributed by atoms with Crippen LogP contribution in [0.3, 0.4) is 0 Å². The maximum Gasteiger partial charge on any atom is 0.222 e. The van der Waals surface area contributed by atoms with E-state index in [0.29, 0.717) is 36.5 Å². The van der Waals surface area contributed by atoms with E-state index in [4.69, 9.17) is 0 Å². The summed E-state index contributed by atoms with van der Waals surface area (Å²) in [7, 11) is 0. The van der Waals surface area contributed by atoms with Crippen molar-refractivity contribution >= 4 is 17.7 Å². The van der Waals surface area contributed by atoms with E-state index in [1.807, 2.05) is 14.7 Å². The Kier molecular flexibility index (Phi) is 7.53. The molecule has 6 heteroatoms. The van der Waals surface area contributed by atoms with Gasteiger partial charge < -0.3 is 14.7 Å². The number of carbonyl (C=O) groups excluding carboxylic acids is 3. The molecule has 0 aromatic carbocycles. The van der Waals surface area contributed by atoms with Crippen molar-refractivity contribution in [2.45, 2.75) is 70.6 Å². The number of likely N-dealkylation sites (tertiary alicyclic amines) is 3. The van der Waals surface area contributed by atoms with Gasteiger partial charge in [-0.3, -0.25) is 14.4 Å². The standard InChI is InChI=1S/C21H35N3O3/c25-19-9-4-14-22(19)12-2-1-7-18(17-24-16-6-11-21(24)27)8-3-13-23-15-5-10-20(23)26/h18H,1-17H2. The minimum Gasteiger partial charge on any atom is -0.343 e. The molecule has 0 saturated carbocycles. The van der Waals surface area contributed by atoms with E-state index in [1.165, 1.54) is 0 Å². The van der Waals surface area contributed by atoms with Crippen LogP contribution in [0.5, 0.6) is 0 Å². The number of hydrogen-bond donors (Lipinski definition) is 0. The second kappa shape index (κ2) is 10.1. The van der Waals surface area contributed by atoms with Crippen molar-refractivity contribution < 1.29 is 14.4 Å². The highest BCUT2D eigenvalue weighted by Crippen LogP contribution is 2.22. The zero-order valence-corrected chi connectivity index (χ0v) is 16.7. The molecule has 0 radical (unpaired) electrons. The Morgan fingerprint density at radius 3 is 1.63 bits per heavy atom. The lowest BCUT2D eigenvalue weighted by molar-refractivity contribution is -0.129. The molecule has 3 aliphatic rings. The first-order valence-corrected chi connectivity index (χ1v) is 11.0. The van der Waals surface area contributed by atoms with Crippen LogP contribution in [0.2, 0.25) is 0 Å². The maximum atomic E-state index is 12.0. The summed E-state index contributed by atoms with van der Waals surface area (Å²) in [4.78, 5) is 41.5. The minimum atomic E-state index is 0.302. The van der Waals surface area contributed by atoms with Gasteiger partial charge in [0, 0.05) is 58.5 Å². The minimum absolute atomic E-state index is 0.302. The van der Waals surface area contributed by atoms with Crippen LogP contribution in [0.4, 0.5) is 0 Å². The fourth-order valence-corrected chi connectivity index (χ4v) is 4.72. The van der Waals surface area contributed by atoms with Gasteiger partial charge in [0.15, 0.2) is 0 Å². The molecule has 0 aromatic rings. The van der Waals surface area contributed by atoms with E-state index in [2.05, 4.69) is 0 Å². The summed E-state index contributed by atoms with van der Waals surface area (Å²) in [6, 6.07) is 0. The number of rotatable bonds is 11. The maximum absolute atomic E-state index is 12.0. The van der Waals surface area contributed by atoms with Gasteiger partial charge in [-0.2, -0.15) is 0 Å². The first-order valence-electron chi connectivity index (χ1n) is 11.0. The van der Waals surface area contributed by atoms with Crippen molar-refractivity contribution in [2.75, 3.05) is 39.3 Å². The Morgan fingerprint density at radius 2 is 1.11 bits per heavy atom. The van der Waals surface area contributed by atoms with Crippen molar-refractivity contribution in [2.24, 2.45) is 5.92 Å². The topological polar surface area (TPSA) is 60.9 Å². The zero-order chi connectivity index (χ0) is 19.1. The molecule has 3 aliphatic heterocycles. The van der Waals surface area contributed by atoms with Crippen LogP contribution in [-0.2, 0) is 14.4 Å². The summed E-state index contributed by atoms with van der Waals surface area (Å²) in [5.74, 6) is 1.43. The molecule has 0 aromatic heterocycles. The fourth-order valence-electron chi connectivity index (χ4n) is 4.72. The SMILES string of the molecule is O=C1CCCN1CCCCC(CCCN1CCCC1=O)CN1CCCC1=O. The van der Waals surface area contributed by atoms with Gasteiger partial charge in [-0.1, -0.05) is 6.42 Å². The molecule has 152 valence electrons. The van der Waals surface area contributed by atoms with Crippen LogP contribution in [-0.4, -0.2) is 71.7 Å². The van der Waals surface area contributed by atoms with Gasteiger partial charge >= 0.3 is 0 Å².